The monoisotopic (exact) mass is 333 g/mol. The van der Waals surface area contributed by atoms with Gasteiger partial charge in [-0.25, -0.2) is 0 Å². The summed E-state index contributed by atoms with van der Waals surface area (Å²) in [7, 11) is -1.12. The van der Waals surface area contributed by atoms with Crippen LogP contribution in [0.5, 0.6) is 0 Å². The van der Waals surface area contributed by atoms with Gasteiger partial charge in [0, 0.05) is 19.8 Å². The standard InChI is InChI=1S/C22H27NSi/c1-16(2)21-14-19(13-18-8-6-7-9-20(18)21)22-12-17(10-11-23-22)15-24(3,4)5/h6-14,16H,15H2,1-5H3. The van der Waals surface area contributed by atoms with Gasteiger partial charge in [0.15, 0.2) is 0 Å². The maximum Gasteiger partial charge on any atom is 0.0704 e. The van der Waals surface area contributed by atoms with E-state index < -0.39 is 8.07 Å². The molecule has 0 atom stereocenters. The van der Waals surface area contributed by atoms with Gasteiger partial charge in [0.1, 0.15) is 0 Å². The Hall–Kier alpha value is -1.93. The second-order valence-corrected chi connectivity index (χ2v) is 13.7. The fourth-order valence-corrected chi connectivity index (χ4v) is 4.76. The van der Waals surface area contributed by atoms with Crippen molar-refractivity contribution >= 4 is 18.8 Å². The Morgan fingerprint density at radius 2 is 1.71 bits per heavy atom. The average molecular weight is 334 g/mol. The summed E-state index contributed by atoms with van der Waals surface area (Å²) >= 11 is 0. The zero-order valence-corrected chi connectivity index (χ0v) is 16.4. The summed E-state index contributed by atoms with van der Waals surface area (Å²) < 4.78 is 0. The molecule has 1 nitrogen and oxygen atoms in total. The van der Waals surface area contributed by atoms with Crippen molar-refractivity contribution in [3.8, 4) is 11.3 Å². The van der Waals surface area contributed by atoms with Gasteiger partial charge in [-0.2, -0.15) is 0 Å². The molecule has 0 bridgehead atoms. The SMILES string of the molecule is CC(C)c1cc(-c2cc(C[Si](C)(C)C)ccn2)cc2ccccc12. The summed E-state index contributed by atoms with van der Waals surface area (Å²) in [6.07, 6.45) is 1.97. The summed E-state index contributed by atoms with van der Waals surface area (Å²) in [6, 6.07) is 18.9. The van der Waals surface area contributed by atoms with Crippen molar-refractivity contribution in [3.05, 3.63) is 65.9 Å². The maximum atomic E-state index is 4.66. The Balaban J connectivity index is 2.11. The second kappa shape index (κ2) is 6.52. The van der Waals surface area contributed by atoms with Gasteiger partial charge in [0.05, 0.1) is 5.69 Å². The Morgan fingerprint density at radius 1 is 0.958 bits per heavy atom. The molecule has 1 heterocycles. The van der Waals surface area contributed by atoms with Crippen molar-refractivity contribution in [1.82, 2.24) is 4.98 Å². The van der Waals surface area contributed by atoms with E-state index in [0.29, 0.717) is 5.92 Å². The van der Waals surface area contributed by atoms with E-state index in [1.165, 1.54) is 33.5 Å². The molecule has 0 aliphatic heterocycles. The molecule has 2 heteroatoms. The number of aromatic nitrogens is 1. The van der Waals surface area contributed by atoms with Crippen molar-refractivity contribution in [3.63, 3.8) is 0 Å². The van der Waals surface area contributed by atoms with E-state index >= 15 is 0 Å². The molecule has 124 valence electrons. The Labute approximate surface area is 146 Å². The lowest BCUT2D eigenvalue weighted by atomic mass is 9.92. The quantitative estimate of drug-likeness (QED) is 0.500. The fraction of sp³-hybridized carbons (Fsp3) is 0.318. The van der Waals surface area contributed by atoms with Crippen LogP contribution in [0.3, 0.4) is 0 Å². The van der Waals surface area contributed by atoms with Gasteiger partial charge in [-0.1, -0.05) is 57.8 Å². The zero-order chi connectivity index (χ0) is 17.3. The lowest BCUT2D eigenvalue weighted by Crippen LogP contribution is -2.23. The second-order valence-electron chi connectivity index (χ2n) is 8.23. The van der Waals surface area contributed by atoms with Crippen LogP contribution in [0.1, 0.15) is 30.9 Å². The average Bonchev–Trinajstić information content (AvgIpc) is 2.52. The van der Waals surface area contributed by atoms with E-state index in [9.17, 15) is 0 Å². The number of hydrogen-bond donors (Lipinski definition) is 0. The molecule has 0 fully saturated rings. The first-order valence-electron chi connectivity index (χ1n) is 8.81. The molecule has 3 rings (SSSR count). The molecule has 0 saturated heterocycles. The summed E-state index contributed by atoms with van der Waals surface area (Å²) in [6.45, 7) is 11.8. The largest absolute Gasteiger partial charge is 0.256 e. The molecular formula is C22H27NSi. The predicted molar refractivity (Wildman–Crippen MR) is 108 cm³/mol. The molecule has 24 heavy (non-hydrogen) atoms. The third-order valence-electron chi connectivity index (χ3n) is 4.37. The molecule has 2 aromatic carbocycles. The molecule has 3 aromatic rings. The van der Waals surface area contributed by atoms with Crippen molar-refractivity contribution in [2.24, 2.45) is 0 Å². The Bertz CT molecular complexity index is 859. The molecule has 0 amide bonds. The highest BCUT2D eigenvalue weighted by Crippen LogP contribution is 2.31. The lowest BCUT2D eigenvalue weighted by molar-refractivity contribution is 0.876. The molecule has 0 N–H and O–H groups in total. The fourth-order valence-electron chi connectivity index (χ4n) is 3.32. The van der Waals surface area contributed by atoms with Crippen molar-refractivity contribution in [1.29, 1.82) is 0 Å². The van der Waals surface area contributed by atoms with Crippen LogP contribution >= 0.6 is 0 Å². The summed E-state index contributed by atoms with van der Waals surface area (Å²) in [5.74, 6) is 0.500. The molecule has 0 saturated carbocycles. The minimum absolute atomic E-state index is 0.500. The first kappa shape index (κ1) is 16.9. The number of benzene rings is 2. The van der Waals surface area contributed by atoms with Gasteiger partial charge in [-0.3, -0.25) is 4.98 Å². The van der Waals surface area contributed by atoms with E-state index in [2.05, 4.69) is 87.0 Å². The highest BCUT2D eigenvalue weighted by atomic mass is 28.3. The third-order valence-corrected chi connectivity index (χ3v) is 5.84. The van der Waals surface area contributed by atoms with Gasteiger partial charge in [0.25, 0.3) is 0 Å². The zero-order valence-electron chi connectivity index (χ0n) is 15.4. The van der Waals surface area contributed by atoms with E-state index in [-0.39, 0.29) is 0 Å². The number of hydrogen-bond acceptors (Lipinski definition) is 1. The van der Waals surface area contributed by atoms with Gasteiger partial charge < -0.3 is 0 Å². The number of pyridine rings is 1. The van der Waals surface area contributed by atoms with Crippen molar-refractivity contribution in [2.75, 3.05) is 0 Å². The smallest absolute Gasteiger partial charge is 0.0704 e. The Kier molecular flexibility index (Phi) is 4.59. The highest BCUT2D eigenvalue weighted by molar-refractivity contribution is 6.75. The van der Waals surface area contributed by atoms with E-state index in [4.69, 9.17) is 0 Å². The first-order valence-corrected chi connectivity index (χ1v) is 12.5. The van der Waals surface area contributed by atoms with Crippen LogP contribution in [0.25, 0.3) is 22.0 Å². The molecular weight excluding hydrogens is 306 g/mol. The lowest BCUT2D eigenvalue weighted by Gasteiger charge is -2.17. The van der Waals surface area contributed by atoms with Crippen LogP contribution in [-0.4, -0.2) is 13.1 Å². The molecule has 0 radical (unpaired) electrons. The normalized spacial score (nSPS) is 12.1. The topological polar surface area (TPSA) is 12.9 Å². The summed E-state index contributed by atoms with van der Waals surface area (Å²) in [5.41, 5.74) is 5.15. The van der Waals surface area contributed by atoms with E-state index in [1.54, 1.807) is 0 Å². The Morgan fingerprint density at radius 3 is 2.42 bits per heavy atom. The van der Waals surface area contributed by atoms with Gasteiger partial charge in [-0.15, -0.1) is 0 Å². The van der Waals surface area contributed by atoms with Crippen LogP contribution in [0.4, 0.5) is 0 Å². The third kappa shape index (κ3) is 3.76. The summed E-state index contributed by atoms with van der Waals surface area (Å²) in [4.78, 5) is 4.66. The molecule has 0 spiro atoms. The van der Waals surface area contributed by atoms with E-state index in [0.717, 1.165) is 5.69 Å². The van der Waals surface area contributed by atoms with Crippen LogP contribution < -0.4 is 0 Å². The van der Waals surface area contributed by atoms with Crippen LogP contribution in [0.15, 0.2) is 54.7 Å². The minimum Gasteiger partial charge on any atom is -0.256 e. The molecule has 0 aliphatic carbocycles. The van der Waals surface area contributed by atoms with Gasteiger partial charge >= 0.3 is 0 Å². The van der Waals surface area contributed by atoms with E-state index in [1.807, 2.05) is 6.20 Å². The van der Waals surface area contributed by atoms with Gasteiger partial charge in [0.2, 0.25) is 0 Å². The number of nitrogens with zero attached hydrogens (tertiary/aromatic N) is 1. The molecule has 0 aliphatic rings. The van der Waals surface area contributed by atoms with Crippen LogP contribution in [0, 0.1) is 0 Å². The first-order chi connectivity index (χ1) is 11.3. The summed E-state index contributed by atoms with van der Waals surface area (Å²) in [5, 5.41) is 2.66. The number of rotatable bonds is 4. The maximum absolute atomic E-state index is 4.66. The van der Waals surface area contributed by atoms with Crippen LogP contribution in [-0.2, 0) is 6.04 Å². The predicted octanol–water partition coefficient (Wildman–Crippen LogP) is 6.45. The highest BCUT2D eigenvalue weighted by Gasteiger charge is 2.15. The van der Waals surface area contributed by atoms with Gasteiger partial charge in [-0.05, 0) is 58.1 Å². The van der Waals surface area contributed by atoms with Crippen molar-refractivity contribution in [2.45, 2.75) is 45.5 Å². The number of fused-ring (bicyclic) bond motifs is 1. The van der Waals surface area contributed by atoms with Crippen LogP contribution in [0.2, 0.25) is 19.6 Å². The molecule has 0 unspecified atom stereocenters. The minimum atomic E-state index is -1.12. The molecule has 1 aromatic heterocycles. The van der Waals surface area contributed by atoms with Crippen molar-refractivity contribution < 1.29 is 0 Å².